The molecule has 0 fully saturated rings. The van der Waals surface area contributed by atoms with Crippen LogP contribution in [0.4, 0.5) is 0 Å². The number of aliphatic imine (C=N–C) groups is 1. The van der Waals surface area contributed by atoms with E-state index in [9.17, 15) is 14.7 Å². The van der Waals surface area contributed by atoms with Crippen molar-refractivity contribution in [2.75, 3.05) is 6.54 Å². The van der Waals surface area contributed by atoms with E-state index >= 15 is 0 Å². The van der Waals surface area contributed by atoms with Gasteiger partial charge in [-0.2, -0.15) is 0 Å². The first kappa shape index (κ1) is 15.2. The zero-order chi connectivity index (χ0) is 14.6. The van der Waals surface area contributed by atoms with Gasteiger partial charge in [0.2, 0.25) is 5.88 Å². The normalized spacial score (nSPS) is 11.6. The van der Waals surface area contributed by atoms with E-state index < -0.39 is 11.2 Å². The summed E-state index contributed by atoms with van der Waals surface area (Å²) in [5.41, 5.74) is -1.04. The molecule has 19 heavy (non-hydrogen) atoms. The van der Waals surface area contributed by atoms with Gasteiger partial charge < -0.3 is 5.11 Å². The molecule has 1 aromatic rings. The third kappa shape index (κ3) is 3.56. The van der Waals surface area contributed by atoms with Crippen molar-refractivity contribution in [3.05, 3.63) is 26.4 Å². The van der Waals surface area contributed by atoms with Crippen LogP contribution in [-0.4, -0.2) is 27.0 Å². The summed E-state index contributed by atoms with van der Waals surface area (Å²) in [5, 5.41) is 9.79. The smallest absolute Gasteiger partial charge is 0.333 e. The van der Waals surface area contributed by atoms with Gasteiger partial charge in [-0.05, 0) is 18.8 Å². The predicted octanol–water partition coefficient (Wildman–Crippen LogP) is 0.645. The lowest BCUT2D eigenvalue weighted by molar-refractivity contribution is 0.410. The van der Waals surface area contributed by atoms with Crippen LogP contribution in [0.1, 0.15) is 32.3 Å². The molecule has 0 aliphatic rings. The van der Waals surface area contributed by atoms with Crippen LogP contribution in [0.3, 0.4) is 0 Å². The Morgan fingerprint density at radius 3 is 2.47 bits per heavy atom. The van der Waals surface area contributed by atoms with Crippen molar-refractivity contribution < 1.29 is 5.11 Å². The van der Waals surface area contributed by atoms with Crippen LogP contribution >= 0.6 is 0 Å². The molecule has 1 rings (SSSR count). The zero-order valence-electron chi connectivity index (χ0n) is 11.9. The molecule has 0 unspecified atom stereocenters. The molecule has 0 saturated carbocycles. The van der Waals surface area contributed by atoms with E-state index in [2.05, 4.69) is 18.8 Å². The highest BCUT2D eigenvalue weighted by atomic mass is 16.3. The summed E-state index contributed by atoms with van der Waals surface area (Å²) in [6.07, 6.45) is 3.34. The van der Waals surface area contributed by atoms with Gasteiger partial charge in [-0.1, -0.05) is 13.8 Å². The summed E-state index contributed by atoms with van der Waals surface area (Å²) in [4.78, 5) is 27.5. The molecule has 106 valence electrons. The largest absolute Gasteiger partial charge is 0.494 e. The average Bonchev–Trinajstić information content (AvgIpc) is 2.37. The molecule has 1 heterocycles. The standard InChI is InChI=1S/C13H21N3O3/c1-9(2)6-5-7-14-8-10-11(17)15(3)13(19)16(4)12(10)18/h8-9,17H,5-7H2,1-4H3. The number of aromatic hydroxyl groups is 1. The van der Waals surface area contributed by atoms with Gasteiger partial charge >= 0.3 is 5.69 Å². The number of rotatable bonds is 5. The topological polar surface area (TPSA) is 76.6 Å². The van der Waals surface area contributed by atoms with E-state index in [-0.39, 0.29) is 11.4 Å². The molecule has 0 aromatic carbocycles. The van der Waals surface area contributed by atoms with Crippen molar-refractivity contribution in [1.29, 1.82) is 0 Å². The molecule has 6 nitrogen and oxygen atoms in total. The summed E-state index contributed by atoms with van der Waals surface area (Å²) < 4.78 is 1.98. The lowest BCUT2D eigenvalue weighted by atomic mass is 10.1. The van der Waals surface area contributed by atoms with Gasteiger partial charge in [0.15, 0.2) is 0 Å². The van der Waals surface area contributed by atoms with Gasteiger partial charge in [0.25, 0.3) is 5.56 Å². The van der Waals surface area contributed by atoms with Gasteiger partial charge in [0, 0.05) is 26.9 Å². The molecular formula is C13H21N3O3. The minimum Gasteiger partial charge on any atom is -0.494 e. The Morgan fingerprint density at radius 1 is 1.26 bits per heavy atom. The van der Waals surface area contributed by atoms with Crippen molar-refractivity contribution in [2.45, 2.75) is 26.7 Å². The SMILES string of the molecule is CC(C)CCCN=Cc1c(O)n(C)c(=O)n(C)c1=O. The third-order valence-corrected chi connectivity index (χ3v) is 2.96. The van der Waals surface area contributed by atoms with Crippen molar-refractivity contribution in [3.8, 4) is 5.88 Å². The second kappa shape index (κ2) is 6.36. The highest BCUT2D eigenvalue weighted by Gasteiger charge is 2.12. The maximum atomic E-state index is 11.8. The minimum absolute atomic E-state index is 0.0501. The first-order valence-electron chi connectivity index (χ1n) is 6.35. The van der Waals surface area contributed by atoms with Crippen LogP contribution in [-0.2, 0) is 14.1 Å². The Hall–Kier alpha value is -1.85. The van der Waals surface area contributed by atoms with Crippen molar-refractivity contribution in [2.24, 2.45) is 25.0 Å². The highest BCUT2D eigenvalue weighted by molar-refractivity contribution is 5.81. The summed E-state index contributed by atoms with van der Waals surface area (Å²) in [6.45, 7) is 4.88. The van der Waals surface area contributed by atoms with Crippen LogP contribution in [0.15, 0.2) is 14.6 Å². The minimum atomic E-state index is -0.556. The Labute approximate surface area is 112 Å². The Balaban J connectivity index is 2.94. The predicted molar refractivity (Wildman–Crippen MR) is 75.1 cm³/mol. The van der Waals surface area contributed by atoms with Gasteiger partial charge in [-0.3, -0.25) is 18.9 Å². The number of aromatic nitrogens is 2. The fourth-order valence-electron chi connectivity index (χ4n) is 1.72. The maximum Gasteiger partial charge on any atom is 0.333 e. The summed E-state index contributed by atoms with van der Waals surface area (Å²) in [5.74, 6) is 0.273. The van der Waals surface area contributed by atoms with E-state index in [1.165, 1.54) is 20.3 Å². The Kier molecular flexibility index (Phi) is 5.09. The molecule has 6 heteroatoms. The quantitative estimate of drug-likeness (QED) is 0.628. The molecule has 0 amide bonds. The van der Waals surface area contributed by atoms with E-state index in [0.717, 1.165) is 22.0 Å². The van der Waals surface area contributed by atoms with Crippen LogP contribution in [0, 0.1) is 5.92 Å². The van der Waals surface area contributed by atoms with Gasteiger partial charge in [-0.15, -0.1) is 0 Å². The summed E-state index contributed by atoms with van der Waals surface area (Å²) >= 11 is 0. The van der Waals surface area contributed by atoms with Gasteiger partial charge in [-0.25, -0.2) is 4.79 Å². The Morgan fingerprint density at radius 2 is 1.89 bits per heavy atom. The number of nitrogens with zero attached hydrogens (tertiary/aromatic N) is 3. The molecule has 1 N–H and O–H groups in total. The van der Waals surface area contributed by atoms with E-state index in [1.807, 2.05) is 0 Å². The zero-order valence-corrected chi connectivity index (χ0v) is 11.9. The molecule has 0 bridgehead atoms. The van der Waals surface area contributed by atoms with Crippen molar-refractivity contribution in [1.82, 2.24) is 9.13 Å². The first-order valence-corrected chi connectivity index (χ1v) is 6.35. The van der Waals surface area contributed by atoms with E-state index in [0.29, 0.717) is 12.5 Å². The second-order valence-corrected chi connectivity index (χ2v) is 5.01. The van der Waals surface area contributed by atoms with Crippen LogP contribution in [0.25, 0.3) is 0 Å². The molecule has 0 saturated heterocycles. The van der Waals surface area contributed by atoms with E-state index in [1.54, 1.807) is 0 Å². The molecule has 0 aliphatic carbocycles. The van der Waals surface area contributed by atoms with Crippen LogP contribution in [0.5, 0.6) is 5.88 Å². The lowest BCUT2D eigenvalue weighted by Gasteiger charge is -2.07. The maximum absolute atomic E-state index is 11.8. The molecular weight excluding hydrogens is 246 g/mol. The second-order valence-electron chi connectivity index (χ2n) is 5.01. The summed E-state index contributed by atoms with van der Waals surface area (Å²) in [6, 6.07) is 0. The van der Waals surface area contributed by atoms with Crippen LogP contribution < -0.4 is 11.2 Å². The van der Waals surface area contributed by atoms with Crippen molar-refractivity contribution >= 4 is 6.21 Å². The summed E-state index contributed by atoms with van der Waals surface area (Å²) in [7, 11) is 2.79. The number of hydrogen-bond donors (Lipinski definition) is 1. The molecule has 0 atom stereocenters. The average molecular weight is 267 g/mol. The molecule has 0 aliphatic heterocycles. The monoisotopic (exact) mass is 267 g/mol. The highest BCUT2D eigenvalue weighted by Crippen LogP contribution is 2.06. The fraction of sp³-hybridized carbons (Fsp3) is 0.615. The Bertz CT molecular complexity index is 582. The third-order valence-electron chi connectivity index (χ3n) is 2.96. The van der Waals surface area contributed by atoms with Crippen LogP contribution in [0.2, 0.25) is 0 Å². The van der Waals surface area contributed by atoms with Crippen molar-refractivity contribution in [3.63, 3.8) is 0 Å². The van der Waals surface area contributed by atoms with E-state index in [4.69, 9.17) is 0 Å². The molecule has 0 spiro atoms. The van der Waals surface area contributed by atoms with Gasteiger partial charge in [0.05, 0.1) is 0 Å². The molecule has 0 radical (unpaired) electrons. The van der Waals surface area contributed by atoms with Gasteiger partial charge in [0.1, 0.15) is 5.56 Å². The number of hydrogen-bond acceptors (Lipinski definition) is 4. The molecule has 1 aromatic heterocycles. The lowest BCUT2D eigenvalue weighted by Crippen LogP contribution is -2.38. The first-order chi connectivity index (χ1) is 8.86. The fourth-order valence-corrected chi connectivity index (χ4v) is 1.72.